The van der Waals surface area contributed by atoms with Gasteiger partial charge in [-0.15, -0.1) is 0 Å². The Morgan fingerprint density at radius 1 is 1.39 bits per heavy atom. The molecule has 0 amide bonds. The van der Waals surface area contributed by atoms with Crippen LogP contribution in [0, 0.1) is 6.92 Å². The summed E-state index contributed by atoms with van der Waals surface area (Å²) in [5, 5.41) is 0. The van der Waals surface area contributed by atoms with Crippen molar-refractivity contribution in [3.05, 3.63) is 23.8 Å². The van der Waals surface area contributed by atoms with Crippen LogP contribution in [0.4, 0.5) is 5.69 Å². The maximum atomic E-state index is 12.5. The van der Waals surface area contributed by atoms with Crippen LogP contribution in [-0.4, -0.2) is 25.8 Å². The van der Waals surface area contributed by atoms with Crippen molar-refractivity contribution in [2.45, 2.75) is 44.6 Å². The number of hydrogen-bond donors (Lipinski definition) is 1. The Morgan fingerprint density at radius 3 is 2.56 bits per heavy atom. The summed E-state index contributed by atoms with van der Waals surface area (Å²) < 4.78 is 26.4. The summed E-state index contributed by atoms with van der Waals surface area (Å²) in [5.41, 5.74) is 6.87. The first kappa shape index (κ1) is 15.0. The fourth-order valence-corrected chi connectivity index (χ4v) is 3.54. The molecule has 0 aromatic heterocycles. The molecule has 1 aromatic rings. The SMILES string of the molecule is CCCC(C)N(C)S(=O)(=O)c1cc(N)ccc1C. The lowest BCUT2D eigenvalue weighted by Crippen LogP contribution is -2.35. The number of aryl methyl sites for hydroxylation is 1. The van der Waals surface area contributed by atoms with E-state index in [9.17, 15) is 8.42 Å². The molecule has 1 aromatic carbocycles. The first-order chi connectivity index (χ1) is 8.30. The number of nitrogens with two attached hydrogens (primary N) is 1. The maximum absolute atomic E-state index is 12.5. The summed E-state index contributed by atoms with van der Waals surface area (Å²) in [5.74, 6) is 0. The fourth-order valence-electron chi connectivity index (χ4n) is 1.89. The zero-order valence-corrected chi connectivity index (χ0v) is 12.3. The smallest absolute Gasteiger partial charge is 0.243 e. The lowest BCUT2D eigenvalue weighted by atomic mass is 10.2. The van der Waals surface area contributed by atoms with Gasteiger partial charge in [-0.25, -0.2) is 8.42 Å². The van der Waals surface area contributed by atoms with Crippen molar-refractivity contribution in [1.29, 1.82) is 0 Å². The van der Waals surface area contributed by atoms with E-state index in [4.69, 9.17) is 5.73 Å². The Bertz CT molecular complexity index is 512. The minimum atomic E-state index is -3.46. The number of nitrogen functional groups attached to an aromatic ring is 1. The monoisotopic (exact) mass is 270 g/mol. The molecule has 5 heteroatoms. The largest absolute Gasteiger partial charge is 0.399 e. The molecule has 0 fully saturated rings. The molecule has 1 atom stereocenters. The molecule has 0 saturated heterocycles. The second-order valence-electron chi connectivity index (χ2n) is 4.68. The molecule has 2 N–H and O–H groups in total. The van der Waals surface area contributed by atoms with Crippen molar-refractivity contribution in [2.24, 2.45) is 0 Å². The van der Waals surface area contributed by atoms with Crippen molar-refractivity contribution in [3.63, 3.8) is 0 Å². The third-order valence-electron chi connectivity index (χ3n) is 3.20. The van der Waals surface area contributed by atoms with Crippen molar-refractivity contribution in [2.75, 3.05) is 12.8 Å². The highest BCUT2D eigenvalue weighted by molar-refractivity contribution is 7.89. The maximum Gasteiger partial charge on any atom is 0.243 e. The van der Waals surface area contributed by atoms with Crippen molar-refractivity contribution in [1.82, 2.24) is 4.31 Å². The number of anilines is 1. The van der Waals surface area contributed by atoms with E-state index in [2.05, 4.69) is 0 Å². The fraction of sp³-hybridized carbons (Fsp3) is 0.538. The molecular formula is C13H22N2O2S. The third kappa shape index (κ3) is 3.03. The summed E-state index contributed by atoms with van der Waals surface area (Å²) in [6, 6.07) is 4.96. The van der Waals surface area contributed by atoms with E-state index < -0.39 is 10.0 Å². The van der Waals surface area contributed by atoms with Crippen LogP contribution < -0.4 is 5.73 Å². The molecule has 4 nitrogen and oxygen atoms in total. The summed E-state index contributed by atoms with van der Waals surface area (Å²) >= 11 is 0. The van der Waals surface area contributed by atoms with Gasteiger partial charge >= 0.3 is 0 Å². The van der Waals surface area contributed by atoms with Gasteiger partial charge < -0.3 is 5.73 Å². The Kier molecular flexibility index (Phi) is 4.76. The Morgan fingerprint density at radius 2 is 2.00 bits per heavy atom. The van der Waals surface area contributed by atoms with Gasteiger partial charge in [-0.05, 0) is 38.0 Å². The van der Waals surface area contributed by atoms with Gasteiger partial charge in [-0.2, -0.15) is 4.31 Å². The topological polar surface area (TPSA) is 63.4 Å². The molecule has 0 bridgehead atoms. The number of benzene rings is 1. The van der Waals surface area contributed by atoms with E-state index in [0.717, 1.165) is 18.4 Å². The molecule has 0 spiro atoms. The van der Waals surface area contributed by atoms with Gasteiger partial charge in [0.05, 0.1) is 4.90 Å². The molecule has 102 valence electrons. The van der Waals surface area contributed by atoms with E-state index in [1.165, 1.54) is 10.4 Å². The first-order valence-corrected chi connectivity index (χ1v) is 7.58. The molecule has 0 aliphatic carbocycles. The molecule has 1 unspecified atom stereocenters. The first-order valence-electron chi connectivity index (χ1n) is 6.14. The Labute approximate surface area is 110 Å². The van der Waals surface area contributed by atoms with E-state index in [-0.39, 0.29) is 6.04 Å². The standard InChI is InChI=1S/C13H22N2O2S/c1-5-6-11(3)15(4)18(16,17)13-9-12(14)8-7-10(13)2/h7-9,11H,5-6,14H2,1-4H3. The molecule has 0 aliphatic heterocycles. The minimum Gasteiger partial charge on any atom is -0.399 e. The van der Waals surface area contributed by atoms with Gasteiger partial charge in [0.25, 0.3) is 0 Å². The number of sulfonamides is 1. The predicted molar refractivity (Wildman–Crippen MR) is 74.9 cm³/mol. The summed E-state index contributed by atoms with van der Waals surface area (Å²) in [4.78, 5) is 0.299. The summed E-state index contributed by atoms with van der Waals surface area (Å²) in [7, 11) is -1.84. The molecule has 0 radical (unpaired) electrons. The summed E-state index contributed by atoms with van der Waals surface area (Å²) in [6.07, 6.45) is 1.80. The van der Waals surface area contributed by atoms with E-state index in [1.54, 1.807) is 26.1 Å². The molecule has 0 aliphatic rings. The van der Waals surface area contributed by atoms with Crippen molar-refractivity contribution in [3.8, 4) is 0 Å². The third-order valence-corrected chi connectivity index (χ3v) is 5.31. The highest BCUT2D eigenvalue weighted by Gasteiger charge is 2.26. The number of nitrogens with zero attached hydrogens (tertiary/aromatic N) is 1. The van der Waals surface area contributed by atoms with Crippen LogP contribution in [0.3, 0.4) is 0 Å². The average molecular weight is 270 g/mol. The second kappa shape index (κ2) is 5.71. The zero-order chi connectivity index (χ0) is 13.9. The quantitative estimate of drug-likeness (QED) is 0.836. The number of hydrogen-bond acceptors (Lipinski definition) is 3. The molecule has 0 saturated carbocycles. The van der Waals surface area contributed by atoms with Crippen molar-refractivity contribution >= 4 is 15.7 Å². The van der Waals surface area contributed by atoms with Gasteiger partial charge in [0.1, 0.15) is 0 Å². The van der Waals surface area contributed by atoms with Crippen LogP contribution in [0.2, 0.25) is 0 Å². The predicted octanol–water partition coefficient (Wildman–Crippen LogP) is 2.39. The van der Waals surface area contributed by atoms with Gasteiger partial charge in [-0.3, -0.25) is 0 Å². The van der Waals surface area contributed by atoms with Gasteiger partial charge in [0.2, 0.25) is 10.0 Å². The second-order valence-corrected chi connectivity index (χ2v) is 6.65. The summed E-state index contributed by atoms with van der Waals surface area (Å²) in [6.45, 7) is 5.75. The normalized spacial score (nSPS) is 13.8. The van der Waals surface area contributed by atoms with E-state index in [1.807, 2.05) is 13.8 Å². The minimum absolute atomic E-state index is 0.0131. The lowest BCUT2D eigenvalue weighted by Gasteiger charge is -2.24. The molecule has 0 heterocycles. The number of rotatable bonds is 5. The van der Waals surface area contributed by atoms with Crippen molar-refractivity contribution < 1.29 is 8.42 Å². The molecular weight excluding hydrogens is 248 g/mol. The van der Waals surface area contributed by atoms with Crippen LogP contribution in [0.15, 0.2) is 23.1 Å². The van der Waals surface area contributed by atoms with E-state index >= 15 is 0 Å². The van der Waals surface area contributed by atoms with Crippen LogP contribution in [0.25, 0.3) is 0 Å². The lowest BCUT2D eigenvalue weighted by molar-refractivity contribution is 0.368. The van der Waals surface area contributed by atoms with Crippen LogP contribution in [0.5, 0.6) is 0 Å². The van der Waals surface area contributed by atoms with Crippen LogP contribution >= 0.6 is 0 Å². The van der Waals surface area contributed by atoms with Crippen LogP contribution in [0.1, 0.15) is 32.3 Å². The Hall–Kier alpha value is -1.07. The van der Waals surface area contributed by atoms with Gasteiger partial charge in [0, 0.05) is 18.8 Å². The zero-order valence-electron chi connectivity index (χ0n) is 11.5. The highest BCUT2D eigenvalue weighted by Crippen LogP contribution is 2.23. The highest BCUT2D eigenvalue weighted by atomic mass is 32.2. The van der Waals surface area contributed by atoms with E-state index in [0.29, 0.717) is 10.6 Å². The van der Waals surface area contributed by atoms with Crippen LogP contribution in [-0.2, 0) is 10.0 Å². The molecule has 1 rings (SSSR count). The van der Waals surface area contributed by atoms with Gasteiger partial charge in [0.15, 0.2) is 0 Å². The molecule has 18 heavy (non-hydrogen) atoms. The Balaban J connectivity index is 3.17. The average Bonchev–Trinajstić information content (AvgIpc) is 2.31. The van der Waals surface area contributed by atoms with Gasteiger partial charge in [-0.1, -0.05) is 19.4 Å².